The molecular formula is C10H7BrClIN2. The van der Waals surface area contributed by atoms with Crippen LogP contribution in [0, 0.1) is 3.57 Å². The molecule has 1 aliphatic rings. The van der Waals surface area contributed by atoms with Crippen LogP contribution in [-0.2, 0) is 0 Å². The van der Waals surface area contributed by atoms with Gasteiger partial charge in [-0.05, 0) is 57.4 Å². The second-order valence-corrected chi connectivity index (χ2v) is 6.10. The van der Waals surface area contributed by atoms with Crippen molar-refractivity contribution in [2.24, 2.45) is 0 Å². The third-order valence-electron chi connectivity index (χ3n) is 2.61. The first kappa shape index (κ1) is 10.4. The fourth-order valence-corrected chi connectivity index (χ4v) is 3.38. The molecule has 5 heteroatoms. The molecule has 2 aromatic rings. The van der Waals surface area contributed by atoms with E-state index in [-0.39, 0.29) is 0 Å². The molecule has 0 bridgehead atoms. The largest absolute Gasteiger partial charge is 0.261 e. The summed E-state index contributed by atoms with van der Waals surface area (Å²) >= 11 is 11.9. The van der Waals surface area contributed by atoms with E-state index in [9.17, 15) is 0 Å². The lowest BCUT2D eigenvalue weighted by atomic mass is 10.2. The van der Waals surface area contributed by atoms with E-state index in [1.54, 1.807) is 0 Å². The highest BCUT2D eigenvalue weighted by Crippen LogP contribution is 2.41. The Kier molecular flexibility index (Phi) is 2.48. The Morgan fingerprint density at radius 1 is 1.53 bits per heavy atom. The van der Waals surface area contributed by atoms with Crippen LogP contribution in [-0.4, -0.2) is 9.78 Å². The minimum absolute atomic E-state index is 0.601. The minimum Gasteiger partial charge on any atom is -0.261 e. The highest BCUT2D eigenvalue weighted by atomic mass is 127. The average Bonchev–Trinajstić information content (AvgIpc) is 2.94. The van der Waals surface area contributed by atoms with Gasteiger partial charge in [0.05, 0.1) is 22.8 Å². The smallest absolute Gasteiger partial charge is 0.0831 e. The lowest BCUT2D eigenvalue weighted by Gasteiger charge is -2.04. The summed E-state index contributed by atoms with van der Waals surface area (Å²) in [5.41, 5.74) is 1.20. The molecule has 0 amide bonds. The molecular weight excluding hydrogens is 390 g/mol. The van der Waals surface area contributed by atoms with Crippen molar-refractivity contribution in [1.82, 2.24) is 9.78 Å². The van der Waals surface area contributed by atoms with Gasteiger partial charge in [-0.15, -0.1) is 0 Å². The van der Waals surface area contributed by atoms with Crippen molar-refractivity contribution in [3.8, 4) is 0 Å². The van der Waals surface area contributed by atoms with Gasteiger partial charge in [0, 0.05) is 13.4 Å². The Labute approximate surface area is 114 Å². The summed E-state index contributed by atoms with van der Waals surface area (Å²) in [5.74, 6) is 0. The van der Waals surface area contributed by atoms with Crippen molar-refractivity contribution in [3.05, 3.63) is 25.3 Å². The first-order valence-corrected chi connectivity index (χ1v) is 6.94. The monoisotopic (exact) mass is 396 g/mol. The molecule has 1 heterocycles. The molecule has 0 unspecified atom stereocenters. The van der Waals surface area contributed by atoms with Crippen LogP contribution in [0.1, 0.15) is 18.9 Å². The van der Waals surface area contributed by atoms with E-state index < -0.39 is 0 Å². The zero-order valence-corrected chi connectivity index (χ0v) is 12.2. The van der Waals surface area contributed by atoms with Crippen molar-refractivity contribution in [1.29, 1.82) is 0 Å². The molecule has 1 aromatic carbocycles. The lowest BCUT2D eigenvalue weighted by Crippen LogP contribution is -1.96. The summed E-state index contributed by atoms with van der Waals surface area (Å²) < 4.78 is 4.24. The fraction of sp³-hybridized carbons (Fsp3) is 0.300. The molecule has 0 atom stereocenters. The predicted octanol–water partition coefficient (Wildman–Crippen LogP) is 4.39. The second-order valence-electron chi connectivity index (χ2n) is 3.74. The quantitative estimate of drug-likeness (QED) is 0.516. The Bertz CT molecular complexity index is 548. The predicted molar refractivity (Wildman–Crippen MR) is 73.4 cm³/mol. The van der Waals surface area contributed by atoms with Gasteiger partial charge in [-0.1, -0.05) is 11.6 Å². The molecule has 2 nitrogen and oxygen atoms in total. The third-order valence-corrected chi connectivity index (χ3v) is 4.82. The Morgan fingerprint density at radius 2 is 2.27 bits per heavy atom. The van der Waals surface area contributed by atoms with Crippen molar-refractivity contribution >= 4 is 61.0 Å². The maximum atomic E-state index is 6.11. The maximum absolute atomic E-state index is 6.11. The number of hydrogen-bond acceptors (Lipinski definition) is 1. The maximum Gasteiger partial charge on any atom is 0.0831 e. The van der Waals surface area contributed by atoms with Crippen LogP contribution in [0.3, 0.4) is 0 Å². The molecule has 15 heavy (non-hydrogen) atoms. The molecule has 1 saturated carbocycles. The van der Waals surface area contributed by atoms with Crippen LogP contribution >= 0.6 is 50.1 Å². The number of nitrogens with zero attached hydrogens (tertiary/aromatic N) is 2. The molecule has 0 saturated heterocycles. The average molecular weight is 397 g/mol. The van der Waals surface area contributed by atoms with Gasteiger partial charge < -0.3 is 0 Å². The minimum atomic E-state index is 0.601. The van der Waals surface area contributed by atoms with Gasteiger partial charge in [0.25, 0.3) is 0 Å². The Balaban J connectivity index is 2.38. The number of rotatable bonds is 1. The number of fused-ring (bicyclic) bond motifs is 1. The molecule has 78 valence electrons. The van der Waals surface area contributed by atoms with Gasteiger partial charge in [0.15, 0.2) is 0 Å². The van der Waals surface area contributed by atoms with Crippen LogP contribution in [0.2, 0.25) is 5.02 Å². The standard InChI is InChI=1S/C10H7BrClIN2/c11-9-6-4-14-15(5-1-2-5)10(6)8(13)3-7(9)12/h3-5H,1-2H2. The normalized spacial score (nSPS) is 16.2. The summed E-state index contributed by atoms with van der Waals surface area (Å²) in [7, 11) is 0. The van der Waals surface area contributed by atoms with Crippen LogP contribution in [0.15, 0.2) is 16.7 Å². The van der Waals surface area contributed by atoms with Gasteiger partial charge in [0.1, 0.15) is 0 Å². The Hall–Kier alpha value is 0.190. The summed E-state index contributed by atoms with van der Waals surface area (Å²) in [6, 6.07) is 2.58. The molecule has 1 fully saturated rings. The van der Waals surface area contributed by atoms with Crippen molar-refractivity contribution in [2.75, 3.05) is 0 Å². The van der Waals surface area contributed by atoms with Gasteiger partial charge in [-0.2, -0.15) is 5.10 Å². The zero-order valence-electron chi connectivity index (χ0n) is 7.67. The molecule has 1 aliphatic carbocycles. The number of benzene rings is 1. The van der Waals surface area contributed by atoms with Crippen LogP contribution in [0.5, 0.6) is 0 Å². The van der Waals surface area contributed by atoms with Gasteiger partial charge in [-0.3, -0.25) is 4.68 Å². The summed E-state index contributed by atoms with van der Waals surface area (Å²) in [6.07, 6.45) is 4.38. The molecule has 0 N–H and O–H groups in total. The van der Waals surface area contributed by atoms with E-state index in [2.05, 4.69) is 48.3 Å². The lowest BCUT2D eigenvalue weighted by molar-refractivity contribution is 0.664. The molecule has 0 spiro atoms. The van der Waals surface area contributed by atoms with Crippen molar-refractivity contribution in [3.63, 3.8) is 0 Å². The van der Waals surface area contributed by atoms with E-state index in [1.165, 1.54) is 21.9 Å². The topological polar surface area (TPSA) is 17.8 Å². The third kappa shape index (κ3) is 1.61. The van der Waals surface area contributed by atoms with E-state index >= 15 is 0 Å². The van der Waals surface area contributed by atoms with Gasteiger partial charge in [0.2, 0.25) is 0 Å². The number of aromatic nitrogens is 2. The van der Waals surface area contributed by atoms with E-state index in [0.29, 0.717) is 6.04 Å². The van der Waals surface area contributed by atoms with Crippen molar-refractivity contribution in [2.45, 2.75) is 18.9 Å². The fourth-order valence-electron chi connectivity index (χ4n) is 1.73. The second kappa shape index (κ2) is 3.60. The van der Waals surface area contributed by atoms with Crippen molar-refractivity contribution < 1.29 is 0 Å². The Morgan fingerprint density at radius 3 is 2.93 bits per heavy atom. The molecule has 3 rings (SSSR count). The van der Waals surface area contributed by atoms with Gasteiger partial charge in [-0.25, -0.2) is 0 Å². The summed E-state index contributed by atoms with van der Waals surface area (Å²) in [5, 5.41) is 6.31. The highest BCUT2D eigenvalue weighted by molar-refractivity contribution is 14.1. The summed E-state index contributed by atoms with van der Waals surface area (Å²) in [6.45, 7) is 0. The summed E-state index contributed by atoms with van der Waals surface area (Å²) in [4.78, 5) is 0. The van der Waals surface area contributed by atoms with E-state index in [1.807, 2.05) is 12.3 Å². The zero-order chi connectivity index (χ0) is 10.6. The van der Waals surface area contributed by atoms with Crippen LogP contribution in [0.25, 0.3) is 10.9 Å². The number of halogens is 3. The molecule has 0 aliphatic heterocycles. The number of hydrogen-bond donors (Lipinski definition) is 0. The molecule has 1 aromatic heterocycles. The first-order valence-electron chi connectivity index (χ1n) is 4.69. The molecule has 0 radical (unpaired) electrons. The first-order chi connectivity index (χ1) is 7.18. The SMILES string of the molecule is Clc1cc(I)c2c(cnn2C2CC2)c1Br. The van der Waals surface area contributed by atoms with E-state index in [0.717, 1.165) is 14.9 Å². The van der Waals surface area contributed by atoms with Crippen LogP contribution in [0.4, 0.5) is 0 Å². The van der Waals surface area contributed by atoms with Gasteiger partial charge >= 0.3 is 0 Å². The van der Waals surface area contributed by atoms with Crippen LogP contribution < -0.4 is 0 Å². The van der Waals surface area contributed by atoms with E-state index in [4.69, 9.17) is 11.6 Å². The highest BCUT2D eigenvalue weighted by Gasteiger charge is 2.27.